The van der Waals surface area contributed by atoms with Crippen molar-refractivity contribution in [3.8, 4) is 0 Å². The third kappa shape index (κ3) is 3.43. The van der Waals surface area contributed by atoms with Crippen LogP contribution in [0.2, 0.25) is 0 Å². The Morgan fingerprint density at radius 3 is 2.52 bits per heavy atom. The summed E-state index contributed by atoms with van der Waals surface area (Å²) in [7, 11) is 0. The van der Waals surface area contributed by atoms with Gasteiger partial charge in [-0.2, -0.15) is 0 Å². The molecule has 1 aromatic rings. The average molecular weight is 286 g/mol. The summed E-state index contributed by atoms with van der Waals surface area (Å²) in [6, 6.07) is 9.46. The summed E-state index contributed by atoms with van der Waals surface area (Å²) in [4.78, 5) is 26.2. The minimum Gasteiger partial charge on any atom is -0.342 e. The van der Waals surface area contributed by atoms with Crippen molar-refractivity contribution in [3.63, 3.8) is 0 Å². The highest BCUT2D eigenvalue weighted by Crippen LogP contribution is 2.26. The molecule has 1 atom stereocenters. The Kier molecular flexibility index (Phi) is 4.23. The number of hydrogen-bond acceptors (Lipinski definition) is 2. The van der Waals surface area contributed by atoms with Gasteiger partial charge in [0.2, 0.25) is 11.8 Å². The highest BCUT2D eigenvalue weighted by atomic mass is 16.2. The van der Waals surface area contributed by atoms with Crippen LogP contribution in [0.15, 0.2) is 30.3 Å². The van der Waals surface area contributed by atoms with E-state index in [0.29, 0.717) is 12.3 Å². The van der Waals surface area contributed by atoms with Crippen molar-refractivity contribution in [2.75, 3.05) is 13.1 Å². The molecule has 1 N–H and O–H groups in total. The molecular formula is C17H22N2O2. The third-order valence-corrected chi connectivity index (χ3v) is 4.52. The first-order valence-electron chi connectivity index (χ1n) is 7.84. The van der Waals surface area contributed by atoms with Gasteiger partial charge in [-0.3, -0.25) is 9.59 Å². The topological polar surface area (TPSA) is 49.4 Å². The lowest BCUT2D eigenvalue weighted by atomic mass is 10.0. The molecule has 1 aliphatic heterocycles. The van der Waals surface area contributed by atoms with Crippen molar-refractivity contribution in [2.45, 2.75) is 38.1 Å². The van der Waals surface area contributed by atoms with Crippen molar-refractivity contribution < 1.29 is 9.59 Å². The highest BCUT2D eigenvalue weighted by Gasteiger charge is 2.34. The fraction of sp³-hybridized carbons (Fsp3) is 0.529. The van der Waals surface area contributed by atoms with Crippen LogP contribution in [0.4, 0.5) is 0 Å². The van der Waals surface area contributed by atoms with Crippen LogP contribution in [-0.4, -0.2) is 35.8 Å². The van der Waals surface area contributed by atoms with Gasteiger partial charge in [0, 0.05) is 13.0 Å². The molecule has 2 aliphatic rings. The van der Waals surface area contributed by atoms with Crippen LogP contribution in [0.5, 0.6) is 0 Å². The number of rotatable bonds is 4. The molecule has 1 aliphatic carbocycles. The molecule has 0 bridgehead atoms. The SMILES string of the molecule is O=C1CN(CC2CCCC2)C(=O)C(Cc2ccccc2)N1. The van der Waals surface area contributed by atoms with Gasteiger partial charge in [0.15, 0.2) is 0 Å². The lowest BCUT2D eigenvalue weighted by Crippen LogP contribution is -2.59. The van der Waals surface area contributed by atoms with Gasteiger partial charge < -0.3 is 10.2 Å². The van der Waals surface area contributed by atoms with Crippen LogP contribution < -0.4 is 5.32 Å². The zero-order chi connectivity index (χ0) is 14.7. The molecule has 1 unspecified atom stereocenters. The van der Waals surface area contributed by atoms with Crippen LogP contribution in [0.25, 0.3) is 0 Å². The second kappa shape index (κ2) is 6.29. The fourth-order valence-electron chi connectivity index (χ4n) is 3.42. The van der Waals surface area contributed by atoms with E-state index in [1.54, 1.807) is 4.90 Å². The maximum absolute atomic E-state index is 12.6. The molecule has 1 heterocycles. The summed E-state index contributed by atoms with van der Waals surface area (Å²) in [5.41, 5.74) is 1.08. The number of amides is 2. The van der Waals surface area contributed by atoms with Crippen molar-refractivity contribution >= 4 is 11.8 Å². The molecule has 2 fully saturated rings. The van der Waals surface area contributed by atoms with Gasteiger partial charge in [-0.25, -0.2) is 0 Å². The molecule has 21 heavy (non-hydrogen) atoms. The van der Waals surface area contributed by atoms with Crippen LogP contribution in [0.1, 0.15) is 31.2 Å². The summed E-state index contributed by atoms with van der Waals surface area (Å²) in [5.74, 6) is 0.621. The lowest BCUT2D eigenvalue weighted by Gasteiger charge is -2.34. The Balaban J connectivity index is 1.66. The number of piperazine rings is 1. The first kappa shape index (κ1) is 14.1. The summed E-state index contributed by atoms with van der Waals surface area (Å²) in [5, 5.41) is 2.84. The monoisotopic (exact) mass is 286 g/mol. The van der Waals surface area contributed by atoms with Crippen molar-refractivity contribution in [1.82, 2.24) is 10.2 Å². The molecule has 2 amide bonds. The van der Waals surface area contributed by atoms with E-state index in [-0.39, 0.29) is 18.4 Å². The summed E-state index contributed by atoms with van der Waals surface area (Å²) in [6.07, 6.45) is 5.47. The first-order valence-corrected chi connectivity index (χ1v) is 7.84. The Hall–Kier alpha value is -1.84. The van der Waals surface area contributed by atoms with Gasteiger partial charge in [-0.15, -0.1) is 0 Å². The van der Waals surface area contributed by atoms with Gasteiger partial charge in [-0.1, -0.05) is 43.2 Å². The number of carbonyl (C=O) groups is 2. The number of carbonyl (C=O) groups excluding carboxylic acids is 2. The molecule has 4 nitrogen and oxygen atoms in total. The molecule has 112 valence electrons. The van der Waals surface area contributed by atoms with Gasteiger partial charge >= 0.3 is 0 Å². The molecule has 0 radical (unpaired) electrons. The molecule has 3 rings (SSSR count). The third-order valence-electron chi connectivity index (χ3n) is 4.52. The van der Waals surface area contributed by atoms with E-state index in [9.17, 15) is 9.59 Å². The van der Waals surface area contributed by atoms with E-state index in [2.05, 4.69) is 5.32 Å². The Morgan fingerprint density at radius 1 is 1.10 bits per heavy atom. The van der Waals surface area contributed by atoms with Gasteiger partial charge in [0.25, 0.3) is 0 Å². The van der Waals surface area contributed by atoms with Crippen LogP contribution in [0.3, 0.4) is 0 Å². The van der Waals surface area contributed by atoms with Gasteiger partial charge in [0.1, 0.15) is 6.04 Å². The smallest absolute Gasteiger partial charge is 0.245 e. The van der Waals surface area contributed by atoms with E-state index in [1.807, 2.05) is 30.3 Å². The number of benzene rings is 1. The van der Waals surface area contributed by atoms with Crippen molar-refractivity contribution in [1.29, 1.82) is 0 Å². The zero-order valence-corrected chi connectivity index (χ0v) is 12.3. The number of nitrogens with zero attached hydrogens (tertiary/aromatic N) is 1. The fourth-order valence-corrected chi connectivity index (χ4v) is 3.42. The molecule has 1 saturated carbocycles. The van der Waals surface area contributed by atoms with Gasteiger partial charge in [-0.05, 0) is 24.3 Å². The minimum atomic E-state index is -0.407. The number of hydrogen-bond donors (Lipinski definition) is 1. The zero-order valence-electron chi connectivity index (χ0n) is 12.3. The van der Waals surface area contributed by atoms with E-state index in [4.69, 9.17) is 0 Å². The molecule has 1 saturated heterocycles. The predicted octanol–water partition coefficient (Wildman–Crippen LogP) is 1.75. The molecule has 0 spiro atoms. The van der Waals surface area contributed by atoms with Crippen LogP contribution in [0, 0.1) is 5.92 Å². The van der Waals surface area contributed by atoms with Crippen molar-refractivity contribution in [2.24, 2.45) is 5.92 Å². The quantitative estimate of drug-likeness (QED) is 0.916. The number of nitrogens with one attached hydrogen (secondary N) is 1. The summed E-state index contributed by atoms with van der Waals surface area (Å²) in [6.45, 7) is 0.970. The Labute approximate surface area is 125 Å². The average Bonchev–Trinajstić information content (AvgIpc) is 2.98. The maximum atomic E-state index is 12.6. The van der Waals surface area contributed by atoms with Crippen molar-refractivity contribution in [3.05, 3.63) is 35.9 Å². The second-order valence-corrected chi connectivity index (χ2v) is 6.18. The normalized spacial score (nSPS) is 23.4. The van der Waals surface area contributed by atoms with E-state index in [1.165, 1.54) is 25.7 Å². The van der Waals surface area contributed by atoms with Crippen LogP contribution >= 0.6 is 0 Å². The standard InChI is InChI=1S/C17H22N2O2/c20-16-12-19(11-14-8-4-5-9-14)17(21)15(18-16)10-13-6-2-1-3-7-13/h1-3,6-7,14-15H,4-5,8-12H2,(H,18,20). The molecule has 0 aromatic heterocycles. The maximum Gasteiger partial charge on any atom is 0.245 e. The van der Waals surface area contributed by atoms with E-state index in [0.717, 1.165) is 12.1 Å². The van der Waals surface area contributed by atoms with Gasteiger partial charge in [0.05, 0.1) is 6.54 Å². The van der Waals surface area contributed by atoms with Crippen LogP contribution in [-0.2, 0) is 16.0 Å². The predicted molar refractivity (Wildman–Crippen MR) is 80.6 cm³/mol. The summed E-state index contributed by atoms with van der Waals surface area (Å²) < 4.78 is 0. The second-order valence-electron chi connectivity index (χ2n) is 6.18. The lowest BCUT2D eigenvalue weighted by molar-refractivity contribution is -0.144. The first-order chi connectivity index (χ1) is 10.2. The molecular weight excluding hydrogens is 264 g/mol. The van der Waals surface area contributed by atoms with E-state index >= 15 is 0 Å². The van der Waals surface area contributed by atoms with E-state index < -0.39 is 6.04 Å². The molecule has 4 heteroatoms. The Morgan fingerprint density at radius 2 is 1.81 bits per heavy atom. The highest BCUT2D eigenvalue weighted by molar-refractivity contribution is 5.95. The summed E-state index contributed by atoms with van der Waals surface area (Å²) >= 11 is 0. The molecule has 1 aromatic carbocycles. The Bertz CT molecular complexity index is 509. The largest absolute Gasteiger partial charge is 0.342 e. The minimum absolute atomic E-state index is 0.0338.